The number of methoxy groups -OCH3 is 1. The molecule has 1 aromatic carbocycles. The van der Waals surface area contributed by atoms with Gasteiger partial charge in [0.25, 0.3) is 0 Å². The van der Waals surface area contributed by atoms with Gasteiger partial charge in [0, 0.05) is 11.3 Å². The Kier molecular flexibility index (Phi) is 3.23. The second-order valence-corrected chi connectivity index (χ2v) is 5.38. The Bertz CT molecular complexity index is 691. The summed E-state index contributed by atoms with van der Waals surface area (Å²) < 4.78 is 5.31. The van der Waals surface area contributed by atoms with Crippen LogP contribution >= 0.6 is 11.6 Å². The summed E-state index contributed by atoms with van der Waals surface area (Å²) in [4.78, 5) is 16.1. The van der Waals surface area contributed by atoms with Crippen LogP contribution in [0, 0.1) is 0 Å². The van der Waals surface area contributed by atoms with Crippen LogP contribution in [0.4, 0.5) is 0 Å². The molecule has 0 amide bonds. The lowest BCUT2D eigenvalue weighted by Gasteiger charge is -2.11. The minimum Gasteiger partial charge on any atom is -0.496 e. The molecule has 1 aromatic heterocycles. The van der Waals surface area contributed by atoms with E-state index in [1.54, 1.807) is 19.2 Å². The van der Waals surface area contributed by atoms with Crippen LogP contribution in [0.2, 0.25) is 5.02 Å². The van der Waals surface area contributed by atoms with Crippen molar-refractivity contribution in [3.8, 4) is 5.75 Å². The molecule has 2 aromatic rings. The van der Waals surface area contributed by atoms with Crippen molar-refractivity contribution in [3.63, 3.8) is 0 Å². The van der Waals surface area contributed by atoms with Gasteiger partial charge in [-0.15, -0.1) is 0 Å². The second kappa shape index (κ2) is 4.89. The van der Waals surface area contributed by atoms with Gasteiger partial charge in [-0.3, -0.25) is 4.79 Å². The fraction of sp³-hybridized carbons (Fsp3) is 0.400. The fourth-order valence-corrected chi connectivity index (χ4v) is 3.05. The molecule has 1 heterocycles. The van der Waals surface area contributed by atoms with Gasteiger partial charge in [0.1, 0.15) is 5.75 Å². The van der Waals surface area contributed by atoms with E-state index in [2.05, 4.69) is 4.98 Å². The predicted octanol–water partition coefficient (Wildman–Crippen LogP) is 3.46. The molecule has 1 aliphatic rings. The first kappa shape index (κ1) is 12.5. The SMILES string of the molecule is COc1ccc(Cl)c2[nH]c3c(c(=O)c12)CCCCC3. The number of aromatic amines is 1. The summed E-state index contributed by atoms with van der Waals surface area (Å²) in [5.74, 6) is 0.590. The van der Waals surface area contributed by atoms with Gasteiger partial charge < -0.3 is 9.72 Å². The molecule has 0 fully saturated rings. The van der Waals surface area contributed by atoms with E-state index in [-0.39, 0.29) is 5.43 Å². The number of H-pyrrole nitrogens is 1. The highest BCUT2D eigenvalue weighted by atomic mass is 35.5. The Morgan fingerprint density at radius 3 is 2.79 bits per heavy atom. The van der Waals surface area contributed by atoms with E-state index in [0.29, 0.717) is 21.7 Å². The zero-order chi connectivity index (χ0) is 13.4. The van der Waals surface area contributed by atoms with Crippen LogP contribution in [-0.2, 0) is 12.8 Å². The number of hydrogen-bond donors (Lipinski definition) is 1. The second-order valence-electron chi connectivity index (χ2n) is 4.97. The van der Waals surface area contributed by atoms with Crippen molar-refractivity contribution >= 4 is 22.5 Å². The summed E-state index contributed by atoms with van der Waals surface area (Å²) in [5, 5.41) is 1.15. The van der Waals surface area contributed by atoms with Crippen molar-refractivity contribution in [2.24, 2.45) is 0 Å². The number of ether oxygens (including phenoxy) is 1. The van der Waals surface area contributed by atoms with Gasteiger partial charge in [0.05, 0.1) is 23.0 Å². The summed E-state index contributed by atoms with van der Waals surface area (Å²) in [6.07, 6.45) is 5.13. The first-order valence-electron chi connectivity index (χ1n) is 6.62. The number of nitrogens with one attached hydrogen (secondary N) is 1. The number of hydrogen-bond acceptors (Lipinski definition) is 2. The van der Waals surface area contributed by atoms with E-state index in [4.69, 9.17) is 16.3 Å². The van der Waals surface area contributed by atoms with Gasteiger partial charge in [0.2, 0.25) is 0 Å². The highest BCUT2D eigenvalue weighted by Gasteiger charge is 2.18. The Morgan fingerprint density at radius 1 is 1.21 bits per heavy atom. The maximum absolute atomic E-state index is 12.7. The zero-order valence-electron chi connectivity index (χ0n) is 10.9. The molecular weight excluding hydrogens is 262 g/mol. The number of aryl methyl sites for hydroxylation is 1. The Hall–Kier alpha value is -1.48. The lowest BCUT2D eigenvalue weighted by atomic mass is 10.0. The molecular formula is C15H16ClNO2. The molecule has 3 nitrogen and oxygen atoms in total. The fourth-order valence-electron chi connectivity index (χ4n) is 2.85. The van der Waals surface area contributed by atoms with E-state index < -0.39 is 0 Å². The normalized spacial score (nSPS) is 15.1. The van der Waals surface area contributed by atoms with Gasteiger partial charge in [0.15, 0.2) is 5.43 Å². The molecule has 3 rings (SSSR count). The summed E-state index contributed by atoms with van der Waals surface area (Å²) in [7, 11) is 1.58. The van der Waals surface area contributed by atoms with Crippen molar-refractivity contribution in [3.05, 3.63) is 38.6 Å². The highest BCUT2D eigenvalue weighted by molar-refractivity contribution is 6.35. The highest BCUT2D eigenvalue weighted by Crippen LogP contribution is 2.30. The average Bonchev–Trinajstić information content (AvgIpc) is 2.66. The molecule has 0 saturated carbocycles. The number of halogens is 1. The summed E-state index contributed by atoms with van der Waals surface area (Å²) in [6, 6.07) is 3.52. The summed E-state index contributed by atoms with van der Waals surface area (Å²) >= 11 is 6.22. The maximum atomic E-state index is 12.7. The van der Waals surface area contributed by atoms with Gasteiger partial charge in [-0.1, -0.05) is 18.0 Å². The Balaban J connectivity index is 2.40. The molecule has 0 aliphatic heterocycles. The van der Waals surface area contributed by atoms with Crippen LogP contribution < -0.4 is 10.2 Å². The minimum atomic E-state index is 0.0741. The minimum absolute atomic E-state index is 0.0741. The third kappa shape index (κ3) is 2.02. The first-order valence-corrected chi connectivity index (χ1v) is 7.00. The quantitative estimate of drug-likeness (QED) is 0.811. The van der Waals surface area contributed by atoms with Gasteiger partial charge >= 0.3 is 0 Å². The standard InChI is InChI=1S/C15H16ClNO2/c1-19-12-8-7-10(16)14-13(12)15(18)9-5-3-2-4-6-11(9)17-14/h7-8H,2-6H2,1H3,(H,17,18). The molecule has 0 unspecified atom stereocenters. The predicted molar refractivity (Wildman–Crippen MR) is 77.4 cm³/mol. The van der Waals surface area contributed by atoms with Crippen LogP contribution in [0.25, 0.3) is 10.9 Å². The van der Waals surface area contributed by atoms with Crippen molar-refractivity contribution < 1.29 is 4.74 Å². The van der Waals surface area contributed by atoms with E-state index in [1.807, 2.05) is 0 Å². The monoisotopic (exact) mass is 277 g/mol. The lowest BCUT2D eigenvalue weighted by Crippen LogP contribution is -2.15. The van der Waals surface area contributed by atoms with E-state index in [0.717, 1.165) is 36.9 Å². The van der Waals surface area contributed by atoms with Crippen LogP contribution in [0.3, 0.4) is 0 Å². The lowest BCUT2D eigenvalue weighted by molar-refractivity contribution is 0.419. The molecule has 1 N–H and O–H groups in total. The van der Waals surface area contributed by atoms with E-state index in [1.165, 1.54) is 6.42 Å². The summed E-state index contributed by atoms with van der Waals surface area (Å²) in [5.41, 5.74) is 2.73. The van der Waals surface area contributed by atoms with E-state index in [9.17, 15) is 4.79 Å². The van der Waals surface area contributed by atoms with Gasteiger partial charge in [-0.25, -0.2) is 0 Å². The Morgan fingerprint density at radius 2 is 2.00 bits per heavy atom. The average molecular weight is 278 g/mol. The molecule has 0 saturated heterocycles. The topological polar surface area (TPSA) is 42.1 Å². The largest absolute Gasteiger partial charge is 0.496 e. The molecule has 100 valence electrons. The maximum Gasteiger partial charge on any atom is 0.196 e. The van der Waals surface area contributed by atoms with Crippen LogP contribution in [0.15, 0.2) is 16.9 Å². The van der Waals surface area contributed by atoms with E-state index >= 15 is 0 Å². The molecule has 1 aliphatic carbocycles. The van der Waals surface area contributed by atoms with Crippen molar-refractivity contribution in [1.82, 2.24) is 4.98 Å². The third-order valence-corrected chi connectivity index (χ3v) is 4.15. The Labute approximate surface area is 116 Å². The van der Waals surface area contributed by atoms with Crippen LogP contribution in [0.5, 0.6) is 5.75 Å². The van der Waals surface area contributed by atoms with Crippen molar-refractivity contribution in [2.45, 2.75) is 32.1 Å². The molecule has 0 bridgehead atoms. The third-order valence-electron chi connectivity index (χ3n) is 3.83. The van der Waals surface area contributed by atoms with Gasteiger partial charge in [-0.05, 0) is 37.8 Å². The smallest absolute Gasteiger partial charge is 0.196 e. The van der Waals surface area contributed by atoms with Crippen LogP contribution in [-0.4, -0.2) is 12.1 Å². The number of benzene rings is 1. The molecule has 19 heavy (non-hydrogen) atoms. The first-order chi connectivity index (χ1) is 9.22. The number of fused-ring (bicyclic) bond motifs is 2. The number of aromatic nitrogens is 1. The number of pyridine rings is 1. The zero-order valence-corrected chi connectivity index (χ0v) is 11.6. The van der Waals surface area contributed by atoms with Crippen molar-refractivity contribution in [2.75, 3.05) is 7.11 Å². The molecule has 0 atom stereocenters. The van der Waals surface area contributed by atoms with Crippen molar-refractivity contribution in [1.29, 1.82) is 0 Å². The summed E-state index contributed by atoms with van der Waals surface area (Å²) in [6.45, 7) is 0. The molecule has 4 heteroatoms. The molecule has 0 radical (unpaired) electrons. The van der Waals surface area contributed by atoms with Crippen LogP contribution in [0.1, 0.15) is 30.5 Å². The molecule has 0 spiro atoms. The number of rotatable bonds is 1. The van der Waals surface area contributed by atoms with Gasteiger partial charge in [-0.2, -0.15) is 0 Å².